The molecule has 0 unspecified atom stereocenters. The van der Waals surface area contributed by atoms with Gasteiger partial charge in [-0.3, -0.25) is 19.4 Å². The average Bonchev–Trinajstić information content (AvgIpc) is 2.38. The number of carbonyl (C=O) groups excluding carboxylic acids is 3. The molecule has 0 bridgehead atoms. The van der Waals surface area contributed by atoms with Gasteiger partial charge in [0.25, 0.3) is 0 Å². The van der Waals surface area contributed by atoms with E-state index in [1.807, 2.05) is 0 Å². The Balaban J connectivity index is 4.29. The minimum atomic E-state index is -0.933. The first-order chi connectivity index (χ1) is 9.73. The maximum atomic E-state index is 11.7. The molecular formula is C11H23N7O3. The predicted molar refractivity (Wildman–Crippen MR) is 77.4 cm³/mol. The molecule has 0 aliphatic rings. The highest BCUT2D eigenvalue weighted by atomic mass is 16.2. The van der Waals surface area contributed by atoms with Gasteiger partial charge in [-0.25, -0.2) is 0 Å². The fraction of sp³-hybridized carbons (Fsp3) is 0.636. The lowest BCUT2D eigenvalue weighted by Gasteiger charge is -2.18. The topological polar surface area (TPSA) is 206 Å². The number of guanidine groups is 1. The monoisotopic (exact) mass is 301 g/mol. The number of nitrogens with one attached hydrogen (secondary N) is 1. The number of nitrogens with zero attached hydrogens (tertiary/aromatic N) is 1. The van der Waals surface area contributed by atoms with E-state index in [4.69, 9.17) is 28.7 Å². The number of carbonyl (C=O) groups is 3. The van der Waals surface area contributed by atoms with Crippen LogP contribution in [-0.4, -0.2) is 42.3 Å². The van der Waals surface area contributed by atoms with E-state index in [0.29, 0.717) is 13.0 Å². The van der Waals surface area contributed by atoms with Crippen LogP contribution in [0.5, 0.6) is 0 Å². The van der Waals surface area contributed by atoms with Crippen molar-refractivity contribution in [3.63, 3.8) is 0 Å². The van der Waals surface area contributed by atoms with Gasteiger partial charge in [0.2, 0.25) is 17.7 Å². The van der Waals surface area contributed by atoms with Crippen molar-refractivity contribution in [3.8, 4) is 0 Å². The highest BCUT2D eigenvalue weighted by molar-refractivity contribution is 5.89. The van der Waals surface area contributed by atoms with Crippen LogP contribution in [0, 0.1) is 0 Å². The van der Waals surface area contributed by atoms with Gasteiger partial charge < -0.3 is 34.0 Å². The van der Waals surface area contributed by atoms with Crippen LogP contribution < -0.4 is 34.0 Å². The fourth-order valence-corrected chi connectivity index (χ4v) is 1.50. The van der Waals surface area contributed by atoms with Gasteiger partial charge in [-0.15, -0.1) is 0 Å². The molecule has 10 heteroatoms. The van der Waals surface area contributed by atoms with E-state index in [9.17, 15) is 14.4 Å². The molecule has 0 aromatic rings. The van der Waals surface area contributed by atoms with Crippen molar-refractivity contribution in [2.24, 2.45) is 33.7 Å². The van der Waals surface area contributed by atoms with Crippen molar-refractivity contribution in [3.05, 3.63) is 0 Å². The van der Waals surface area contributed by atoms with Crippen molar-refractivity contribution in [1.82, 2.24) is 5.32 Å². The third-order valence-electron chi connectivity index (χ3n) is 2.64. The zero-order valence-corrected chi connectivity index (χ0v) is 11.7. The molecule has 3 amide bonds. The third-order valence-corrected chi connectivity index (χ3v) is 2.64. The van der Waals surface area contributed by atoms with E-state index in [0.717, 1.165) is 0 Å². The summed E-state index contributed by atoms with van der Waals surface area (Å²) in [5.41, 5.74) is 26.1. The molecule has 0 rings (SSSR count). The van der Waals surface area contributed by atoms with E-state index >= 15 is 0 Å². The Hall–Kier alpha value is -2.36. The van der Waals surface area contributed by atoms with Gasteiger partial charge in [0.15, 0.2) is 5.96 Å². The van der Waals surface area contributed by atoms with E-state index in [1.165, 1.54) is 0 Å². The number of amides is 3. The second-order valence-corrected chi connectivity index (χ2v) is 4.52. The number of primary amides is 2. The largest absolute Gasteiger partial charge is 0.370 e. The molecular weight excluding hydrogens is 278 g/mol. The van der Waals surface area contributed by atoms with Crippen molar-refractivity contribution >= 4 is 23.7 Å². The van der Waals surface area contributed by atoms with Gasteiger partial charge in [-0.05, 0) is 19.3 Å². The second kappa shape index (κ2) is 9.53. The molecule has 0 spiro atoms. The van der Waals surface area contributed by atoms with Crippen molar-refractivity contribution < 1.29 is 14.4 Å². The lowest BCUT2D eigenvalue weighted by molar-refractivity contribution is -0.128. The number of aliphatic imine (C=N–C) groups is 1. The summed E-state index contributed by atoms with van der Waals surface area (Å²) in [5.74, 6) is -1.86. The highest BCUT2D eigenvalue weighted by Crippen LogP contribution is 2.00. The van der Waals surface area contributed by atoms with Gasteiger partial charge in [0.1, 0.15) is 6.04 Å². The molecule has 0 aromatic carbocycles. The second-order valence-electron chi connectivity index (χ2n) is 4.52. The summed E-state index contributed by atoms with van der Waals surface area (Å²) >= 11 is 0. The Bertz CT molecular complexity index is 407. The lowest BCUT2D eigenvalue weighted by Crippen LogP contribution is -2.50. The lowest BCUT2D eigenvalue weighted by atomic mass is 10.1. The summed E-state index contributed by atoms with van der Waals surface area (Å²) in [4.78, 5) is 37.4. The first-order valence-electron chi connectivity index (χ1n) is 6.43. The summed E-state index contributed by atoms with van der Waals surface area (Å²) < 4.78 is 0. The maximum absolute atomic E-state index is 11.7. The van der Waals surface area contributed by atoms with Crippen LogP contribution in [0.2, 0.25) is 0 Å². The number of nitrogens with two attached hydrogens (primary N) is 5. The molecule has 11 N–H and O–H groups in total. The molecule has 0 aliphatic carbocycles. The van der Waals surface area contributed by atoms with Crippen molar-refractivity contribution in [2.45, 2.75) is 37.8 Å². The van der Waals surface area contributed by atoms with Crippen LogP contribution in [0.3, 0.4) is 0 Å². The normalized spacial score (nSPS) is 13.0. The maximum Gasteiger partial charge on any atom is 0.240 e. The van der Waals surface area contributed by atoms with E-state index in [-0.39, 0.29) is 25.2 Å². The smallest absolute Gasteiger partial charge is 0.240 e. The van der Waals surface area contributed by atoms with E-state index in [2.05, 4.69) is 10.3 Å². The van der Waals surface area contributed by atoms with Crippen LogP contribution >= 0.6 is 0 Å². The molecule has 0 fully saturated rings. The summed E-state index contributed by atoms with van der Waals surface area (Å²) in [6.45, 7) is 0.315. The SMILES string of the molecule is NC(=O)CC[C@H](N)C(=O)N[C@@H](CCCN=C(N)N)C(N)=O. The fourth-order valence-electron chi connectivity index (χ4n) is 1.50. The standard InChI is InChI=1S/C11H23N7O3/c12-6(3-4-8(13)19)10(21)18-7(9(14)20)2-1-5-17-11(15)16/h6-7H,1-5,12H2,(H2,13,19)(H2,14,20)(H,18,21)(H4,15,16,17)/t6-,7-/m0/s1. The predicted octanol–water partition coefficient (Wildman–Crippen LogP) is -3.40. The summed E-state index contributed by atoms with van der Waals surface area (Å²) in [6, 6.07) is -1.80. The van der Waals surface area contributed by atoms with Crippen molar-refractivity contribution in [1.29, 1.82) is 0 Å². The Kier molecular flexibility index (Phi) is 8.46. The molecule has 120 valence electrons. The molecule has 0 saturated heterocycles. The molecule has 0 saturated carbocycles. The van der Waals surface area contributed by atoms with E-state index < -0.39 is 29.8 Å². The highest BCUT2D eigenvalue weighted by Gasteiger charge is 2.21. The van der Waals surface area contributed by atoms with Gasteiger partial charge in [0, 0.05) is 13.0 Å². The molecule has 21 heavy (non-hydrogen) atoms. The minimum absolute atomic E-state index is 0.0136. The Labute approximate surface area is 122 Å². The van der Waals surface area contributed by atoms with Gasteiger partial charge in [-0.1, -0.05) is 0 Å². The first kappa shape index (κ1) is 18.6. The Morgan fingerprint density at radius 1 is 1.05 bits per heavy atom. The third kappa shape index (κ3) is 9.21. The Morgan fingerprint density at radius 3 is 2.14 bits per heavy atom. The zero-order chi connectivity index (χ0) is 16.4. The average molecular weight is 301 g/mol. The molecule has 2 atom stereocenters. The number of rotatable bonds is 10. The van der Waals surface area contributed by atoms with Crippen LogP contribution in [0.1, 0.15) is 25.7 Å². The summed E-state index contributed by atoms with van der Waals surface area (Å²) in [7, 11) is 0. The van der Waals surface area contributed by atoms with Crippen molar-refractivity contribution in [2.75, 3.05) is 6.54 Å². The van der Waals surface area contributed by atoms with Gasteiger partial charge in [-0.2, -0.15) is 0 Å². The molecule has 0 radical (unpaired) electrons. The summed E-state index contributed by atoms with van der Waals surface area (Å²) in [6.07, 6.45) is 0.823. The molecule has 0 aliphatic heterocycles. The van der Waals surface area contributed by atoms with Gasteiger partial charge >= 0.3 is 0 Å². The summed E-state index contributed by atoms with van der Waals surface area (Å²) in [5, 5.41) is 2.43. The quantitative estimate of drug-likeness (QED) is 0.138. The van der Waals surface area contributed by atoms with E-state index in [1.54, 1.807) is 0 Å². The zero-order valence-electron chi connectivity index (χ0n) is 11.7. The minimum Gasteiger partial charge on any atom is -0.370 e. The van der Waals surface area contributed by atoms with Crippen LogP contribution in [0.25, 0.3) is 0 Å². The molecule has 0 heterocycles. The van der Waals surface area contributed by atoms with Gasteiger partial charge in [0.05, 0.1) is 6.04 Å². The molecule has 10 nitrogen and oxygen atoms in total. The van der Waals surface area contributed by atoms with Crippen LogP contribution in [-0.2, 0) is 14.4 Å². The number of hydrogen-bond acceptors (Lipinski definition) is 5. The Morgan fingerprint density at radius 2 is 1.67 bits per heavy atom. The van der Waals surface area contributed by atoms with Crippen LogP contribution in [0.4, 0.5) is 0 Å². The number of hydrogen-bond donors (Lipinski definition) is 6. The van der Waals surface area contributed by atoms with Crippen LogP contribution in [0.15, 0.2) is 4.99 Å². The molecule has 0 aromatic heterocycles. The first-order valence-corrected chi connectivity index (χ1v) is 6.43.